The molecule has 2 nitrogen and oxygen atoms in total. The van der Waals surface area contributed by atoms with Crippen LogP contribution >= 0.6 is 0 Å². The Kier molecular flexibility index (Phi) is 10.1. The maximum atomic E-state index is 2.50. The second kappa shape index (κ2) is 17.0. The third kappa shape index (κ3) is 6.90. The van der Waals surface area contributed by atoms with Crippen LogP contribution in [-0.4, -0.2) is 0 Å². The lowest BCUT2D eigenvalue weighted by Gasteiger charge is -2.34. The zero-order valence-corrected chi connectivity index (χ0v) is 37.0. The molecule has 0 fully saturated rings. The van der Waals surface area contributed by atoms with Gasteiger partial charge in [-0.25, -0.2) is 0 Å². The van der Waals surface area contributed by atoms with Crippen molar-refractivity contribution in [3.8, 4) is 33.4 Å². The molecule has 0 heterocycles. The van der Waals surface area contributed by atoms with Crippen LogP contribution in [0, 0.1) is 0 Å². The minimum Gasteiger partial charge on any atom is -0.311 e. The maximum absolute atomic E-state index is 2.50. The van der Waals surface area contributed by atoms with Crippen LogP contribution in [0.15, 0.2) is 279 Å². The largest absolute Gasteiger partial charge is 0.311 e. The molecule has 0 radical (unpaired) electrons. The van der Waals surface area contributed by atoms with Crippen molar-refractivity contribution in [3.05, 3.63) is 301 Å². The standard InChI is InChI=1S/C65H46N2/c1-7-22-51(23-8-1)65(52-24-9-2-10-25-52)61-44-39-48-21-19-20-34-59(48)63(61)64-60(49-37-42-58(43-38-49)67(55-30-15-5-16-31-55)56-32-17-6-18-33-56)45-50(46-62(64)65)47-35-40-57(41-36-47)66(53-26-11-3-12-27-53)54-28-13-4-14-29-54/h1-46H. The number of benzene rings is 11. The van der Waals surface area contributed by atoms with E-state index < -0.39 is 5.41 Å². The highest BCUT2D eigenvalue weighted by Gasteiger charge is 2.48. The van der Waals surface area contributed by atoms with Crippen LogP contribution < -0.4 is 9.80 Å². The molecule has 0 bridgehead atoms. The van der Waals surface area contributed by atoms with Crippen molar-refractivity contribution in [2.75, 3.05) is 9.80 Å². The number of nitrogens with zero attached hydrogens (tertiary/aromatic N) is 2. The molecule has 0 atom stereocenters. The highest BCUT2D eigenvalue weighted by atomic mass is 15.1. The van der Waals surface area contributed by atoms with Gasteiger partial charge in [-0.1, -0.05) is 194 Å². The van der Waals surface area contributed by atoms with Crippen molar-refractivity contribution in [2.45, 2.75) is 5.41 Å². The molecule has 316 valence electrons. The van der Waals surface area contributed by atoms with Gasteiger partial charge in [-0.2, -0.15) is 0 Å². The Morgan fingerprint density at radius 1 is 0.254 bits per heavy atom. The van der Waals surface area contributed by atoms with Crippen molar-refractivity contribution in [1.82, 2.24) is 0 Å². The molecule has 0 unspecified atom stereocenters. The SMILES string of the molecule is c1ccc(N(c2ccccc2)c2ccc(-c3cc(-c4ccc(N(c5ccccc5)c5ccccc5)cc4)c4c(c3)C(c3ccccc3)(c3ccccc3)c3ccc5ccccc5c3-4)cc2)cc1. The fourth-order valence-electron chi connectivity index (χ4n) is 10.6. The molecular weight excluding hydrogens is 809 g/mol. The summed E-state index contributed by atoms with van der Waals surface area (Å²) in [6.07, 6.45) is 0. The van der Waals surface area contributed by atoms with E-state index in [2.05, 4.69) is 289 Å². The van der Waals surface area contributed by atoms with Gasteiger partial charge in [0.2, 0.25) is 0 Å². The van der Waals surface area contributed by atoms with E-state index in [1.54, 1.807) is 0 Å². The van der Waals surface area contributed by atoms with Crippen molar-refractivity contribution >= 4 is 44.9 Å². The smallest absolute Gasteiger partial charge is 0.0714 e. The molecule has 0 saturated carbocycles. The van der Waals surface area contributed by atoms with Gasteiger partial charge < -0.3 is 9.80 Å². The van der Waals surface area contributed by atoms with E-state index in [4.69, 9.17) is 0 Å². The first-order valence-corrected chi connectivity index (χ1v) is 23.1. The Morgan fingerprint density at radius 3 is 1.10 bits per heavy atom. The molecule has 0 saturated heterocycles. The van der Waals surface area contributed by atoms with Gasteiger partial charge in [0.15, 0.2) is 0 Å². The second-order valence-electron chi connectivity index (χ2n) is 17.2. The Labute approximate surface area is 393 Å². The lowest BCUT2D eigenvalue weighted by Crippen LogP contribution is -2.28. The molecule has 0 N–H and O–H groups in total. The molecular formula is C65H46N2. The normalized spacial score (nSPS) is 12.3. The van der Waals surface area contributed by atoms with E-state index in [0.717, 1.165) is 45.3 Å². The third-order valence-corrected chi connectivity index (χ3v) is 13.5. The molecule has 0 aromatic heterocycles. The summed E-state index contributed by atoms with van der Waals surface area (Å²) in [4.78, 5) is 4.66. The summed E-state index contributed by atoms with van der Waals surface area (Å²) < 4.78 is 0. The average Bonchev–Trinajstić information content (AvgIpc) is 3.72. The van der Waals surface area contributed by atoms with Crippen LogP contribution in [0.5, 0.6) is 0 Å². The summed E-state index contributed by atoms with van der Waals surface area (Å²) in [7, 11) is 0. The number of fused-ring (bicyclic) bond motifs is 5. The van der Waals surface area contributed by atoms with Crippen molar-refractivity contribution in [2.24, 2.45) is 0 Å². The monoisotopic (exact) mass is 854 g/mol. The van der Waals surface area contributed by atoms with Crippen LogP contribution in [0.3, 0.4) is 0 Å². The van der Waals surface area contributed by atoms with Gasteiger partial charge in [-0.3, -0.25) is 0 Å². The molecule has 11 aromatic carbocycles. The summed E-state index contributed by atoms with van der Waals surface area (Å²) in [5.74, 6) is 0. The Morgan fingerprint density at radius 2 is 0.642 bits per heavy atom. The number of hydrogen-bond donors (Lipinski definition) is 0. The summed E-state index contributed by atoms with van der Waals surface area (Å²) in [5, 5.41) is 2.49. The molecule has 1 aliphatic rings. The maximum Gasteiger partial charge on any atom is 0.0714 e. The van der Waals surface area contributed by atoms with Gasteiger partial charge in [0.1, 0.15) is 0 Å². The first kappa shape index (κ1) is 39.8. The summed E-state index contributed by atoms with van der Waals surface area (Å²) >= 11 is 0. The molecule has 12 rings (SSSR count). The summed E-state index contributed by atoms with van der Waals surface area (Å²) in [6, 6.07) is 102. The summed E-state index contributed by atoms with van der Waals surface area (Å²) in [5.41, 5.74) is 18.4. The number of anilines is 6. The van der Waals surface area contributed by atoms with E-state index in [1.807, 2.05) is 0 Å². The van der Waals surface area contributed by atoms with Crippen molar-refractivity contribution in [3.63, 3.8) is 0 Å². The number of rotatable bonds is 10. The van der Waals surface area contributed by atoms with Crippen LogP contribution in [0.1, 0.15) is 22.3 Å². The topological polar surface area (TPSA) is 6.48 Å². The zero-order valence-electron chi connectivity index (χ0n) is 37.0. The Bertz CT molecular complexity index is 3350. The van der Waals surface area contributed by atoms with E-state index in [1.165, 1.54) is 55.3 Å². The lowest BCUT2D eigenvalue weighted by molar-refractivity contribution is 0.769. The van der Waals surface area contributed by atoms with Crippen LogP contribution in [0.2, 0.25) is 0 Å². The van der Waals surface area contributed by atoms with Crippen LogP contribution in [-0.2, 0) is 5.41 Å². The lowest BCUT2D eigenvalue weighted by atomic mass is 9.67. The number of hydrogen-bond acceptors (Lipinski definition) is 2. The van der Waals surface area contributed by atoms with Gasteiger partial charge in [-0.05, 0) is 151 Å². The highest BCUT2D eigenvalue weighted by molar-refractivity contribution is 6.09. The Hall–Kier alpha value is -8.72. The first-order chi connectivity index (χ1) is 33.3. The van der Waals surface area contributed by atoms with Crippen LogP contribution in [0.25, 0.3) is 44.2 Å². The Balaban J connectivity index is 1.11. The fourth-order valence-corrected chi connectivity index (χ4v) is 10.6. The molecule has 2 heteroatoms. The predicted molar refractivity (Wildman–Crippen MR) is 281 cm³/mol. The summed E-state index contributed by atoms with van der Waals surface area (Å²) in [6.45, 7) is 0. The number of para-hydroxylation sites is 4. The molecule has 0 spiro atoms. The van der Waals surface area contributed by atoms with Crippen molar-refractivity contribution in [1.29, 1.82) is 0 Å². The van der Waals surface area contributed by atoms with Gasteiger partial charge in [-0.15, -0.1) is 0 Å². The molecule has 1 aliphatic carbocycles. The minimum absolute atomic E-state index is 0.601. The average molecular weight is 855 g/mol. The van der Waals surface area contributed by atoms with Gasteiger partial charge in [0.05, 0.1) is 5.41 Å². The molecule has 0 aliphatic heterocycles. The zero-order chi connectivity index (χ0) is 44.6. The van der Waals surface area contributed by atoms with E-state index in [-0.39, 0.29) is 0 Å². The molecule has 11 aromatic rings. The highest BCUT2D eigenvalue weighted by Crippen LogP contribution is 2.61. The van der Waals surface area contributed by atoms with E-state index >= 15 is 0 Å². The third-order valence-electron chi connectivity index (χ3n) is 13.5. The quantitative estimate of drug-likeness (QED) is 0.135. The molecule has 67 heavy (non-hydrogen) atoms. The van der Waals surface area contributed by atoms with E-state index in [0.29, 0.717) is 0 Å². The molecule has 0 amide bonds. The van der Waals surface area contributed by atoms with Crippen LogP contribution in [0.4, 0.5) is 34.1 Å². The minimum atomic E-state index is -0.601. The fraction of sp³-hybridized carbons (Fsp3) is 0.0154. The predicted octanol–water partition coefficient (Wildman–Crippen LogP) is 17.5. The first-order valence-electron chi connectivity index (χ1n) is 23.1. The van der Waals surface area contributed by atoms with Gasteiger partial charge in [0.25, 0.3) is 0 Å². The van der Waals surface area contributed by atoms with Gasteiger partial charge in [0, 0.05) is 34.1 Å². The van der Waals surface area contributed by atoms with E-state index in [9.17, 15) is 0 Å². The van der Waals surface area contributed by atoms with Crippen molar-refractivity contribution < 1.29 is 0 Å². The van der Waals surface area contributed by atoms with Gasteiger partial charge >= 0.3 is 0 Å². The second-order valence-corrected chi connectivity index (χ2v) is 17.2.